The van der Waals surface area contributed by atoms with E-state index in [4.69, 9.17) is 0 Å². The van der Waals surface area contributed by atoms with Crippen LogP contribution < -0.4 is 4.31 Å². The fraction of sp³-hybridized carbons (Fsp3) is 0.381. The quantitative estimate of drug-likeness (QED) is 0.790. The van der Waals surface area contributed by atoms with Gasteiger partial charge in [0.15, 0.2) is 0 Å². The van der Waals surface area contributed by atoms with Gasteiger partial charge >= 0.3 is 0 Å². The van der Waals surface area contributed by atoms with Gasteiger partial charge in [-0.05, 0) is 48.6 Å². The van der Waals surface area contributed by atoms with Crippen LogP contribution >= 0.6 is 0 Å². The lowest BCUT2D eigenvalue weighted by atomic mass is 9.99. The van der Waals surface area contributed by atoms with E-state index in [9.17, 15) is 13.2 Å². The van der Waals surface area contributed by atoms with Gasteiger partial charge in [-0.2, -0.15) is 0 Å². The number of nitrogens with zero attached hydrogens (tertiary/aromatic N) is 2. The number of piperidine rings is 1. The number of sulfonamides is 1. The SMILES string of the molecule is CC1CCCN(C(=O)c2ccc(CN(c3ccccc3)S(C)(=O)=O)cc2)C1. The van der Waals surface area contributed by atoms with Crippen LogP contribution in [0.5, 0.6) is 0 Å². The maximum atomic E-state index is 12.7. The largest absolute Gasteiger partial charge is 0.338 e. The highest BCUT2D eigenvalue weighted by molar-refractivity contribution is 7.92. The molecule has 0 aromatic heterocycles. The summed E-state index contributed by atoms with van der Waals surface area (Å²) < 4.78 is 25.8. The molecule has 1 amide bonds. The van der Waals surface area contributed by atoms with Crippen LogP contribution in [-0.4, -0.2) is 38.6 Å². The molecule has 6 heteroatoms. The van der Waals surface area contributed by atoms with E-state index in [0.717, 1.165) is 25.1 Å². The van der Waals surface area contributed by atoms with Crippen molar-refractivity contribution >= 4 is 21.6 Å². The van der Waals surface area contributed by atoms with Gasteiger partial charge in [-0.25, -0.2) is 8.42 Å². The minimum Gasteiger partial charge on any atom is -0.338 e. The summed E-state index contributed by atoms with van der Waals surface area (Å²) in [6.07, 6.45) is 3.42. The van der Waals surface area contributed by atoms with Crippen LogP contribution in [0.2, 0.25) is 0 Å². The van der Waals surface area contributed by atoms with Crippen molar-refractivity contribution in [2.45, 2.75) is 26.3 Å². The van der Waals surface area contributed by atoms with Crippen LogP contribution in [0.1, 0.15) is 35.7 Å². The fourth-order valence-electron chi connectivity index (χ4n) is 3.47. The van der Waals surface area contributed by atoms with E-state index in [1.807, 2.05) is 35.2 Å². The van der Waals surface area contributed by atoms with Gasteiger partial charge < -0.3 is 4.90 Å². The number of benzene rings is 2. The number of carbonyl (C=O) groups is 1. The number of hydrogen-bond donors (Lipinski definition) is 0. The summed E-state index contributed by atoms with van der Waals surface area (Å²) >= 11 is 0. The molecule has 1 atom stereocenters. The van der Waals surface area contributed by atoms with E-state index in [2.05, 4.69) is 6.92 Å². The number of anilines is 1. The third-order valence-corrected chi connectivity index (χ3v) is 6.06. The molecule has 1 saturated heterocycles. The molecule has 0 spiro atoms. The maximum Gasteiger partial charge on any atom is 0.253 e. The lowest BCUT2D eigenvalue weighted by Crippen LogP contribution is -2.39. The van der Waals surface area contributed by atoms with Gasteiger partial charge in [0.1, 0.15) is 0 Å². The molecule has 5 nitrogen and oxygen atoms in total. The van der Waals surface area contributed by atoms with Gasteiger partial charge in [0.25, 0.3) is 5.91 Å². The topological polar surface area (TPSA) is 57.7 Å². The Kier molecular flexibility index (Phi) is 5.85. The summed E-state index contributed by atoms with van der Waals surface area (Å²) in [7, 11) is -3.41. The zero-order valence-electron chi connectivity index (χ0n) is 15.8. The van der Waals surface area contributed by atoms with Crippen molar-refractivity contribution in [2.24, 2.45) is 5.92 Å². The van der Waals surface area contributed by atoms with Crippen molar-refractivity contribution < 1.29 is 13.2 Å². The average molecular weight is 387 g/mol. The Morgan fingerprint density at radius 2 is 1.78 bits per heavy atom. The maximum absolute atomic E-state index is 12.7. The minimum absolute atomic E-state index is 0.0520. The van der Waals surface area contributed by atoms with Gasteiger partial charge in [-0.1, -0.05) is 37.3 Å². The summed E-state index contributed by atoms with van der Waals surface area (Å²) in [5.41, 5.74) is 2.12. The first-order chi connectivity index (χ1) is 12.8. The number of para-hydroxylation sites is 1. The second-order valence-electron chi connectivity index (χ2n) is 7.30. The van der Waals surface area contributed by atoms with Gasteiger partial charge in [0.2, 0.25) is 10.0 Å². The van der Waals surface area contributed by atoms with Crippen molar-refractivity contribution in [1.29, 1.82) is 0 Å². The molecule has 1 unspecified atom stereocenters. The molecule has 1 fully saturated rings. The monoisotopic (exact) mass is 386 g/mol. The second-order valence-corrected chi connectivity index (χ2v) is 9.21. The Morgan fingerprint density at radius 1 is 1.11 bits per heavy atom. The molecular weight excluding hydrogens is 360 g/mol. The minimum atomic E-state index is -3.41. The Balaban J connectivity index is 1.75. The molecule has 0 N–H and O–H groups in total. The van der Waals surface area contributed by atoms with Crippen LogP contribution in [0.3, 0.4) is 0 Å². The number of amides is 1. The summed E-state index contributed by atoms with van der Waals surface area (Å²) in [5.74, 6) is 0.590. The zero-order valence-corrected chi connectivity index (χ0v) is 16.7. The normalized spacial score (nSPS) is 17.6. The number of hydrogen-bond acceptors (Lipinski definition) is 3. The molecule has 1 aliphatic rings. The summed E-state index contributed by atoms with van der Waals surface area (Å²) in [5, 5.41) is 0. The lowest BCUT2D eigenvalue weighted by Gasteiger charge is -2.31. The summed E-state index contributed by atoms with van der Waals surface area (Å²) in [4.78, 5) is 14.6. The van der Waals surface area contributed by atoms with Crippen molar-refractivity contribution in [3.05, 3.63) is 65.7 Å². The Morgan fingerprint density at radius 3 is 2.37 bits per heavy atom. The van der Waals surface area contributed by atoms with Crippen molar-refractivity contribution in [3.8, 4) is 0 Å². The van der Waals surface area contributed by atoms with Crippen molar-refractivity contribution in [1.82, 2.24) is 4.90 Å². The van der Waals surface area contributed by atoms with E-state index >= 15 is 0 Å². The molecule has 0 radical (unpaired) electrons. The first kappa shape index (κ1) is 19.4. The average Bonchev–Trinajstić information content (AvgIpc) is 2.66. The molecule has 1 aliphatic heterocycles. The first-order valence-electron chi connectivity index (χ1n) is 9.25. The van der Waals surface area contributed by atoms with E-state index < -0.39 is 10.0 Å². The highest BCUT2D eigenvalue weighted by atomic mass is 32.2. The molecule has 1 heterocycles. The van der Waals surface area contributed by atoms with Crippen LogP contribution in [0.15, 0.2) is 54.6 Å². The zero-order chi connectivity index (χ0) is 19.4. The smallest absolute Gasteiger partial charge is 0.253 e. The summed E-state index contributed by atoms with van der Waals surface area (Å²) in [6, 6.07) is 16.3. The molecule has 3 rings (SSSR count). The predicted octanol–water partition coefficient (Wildman–Crippen LogP) is 3.52. The molecule has 27 heavy (non-hydrogen) atoms. The second kappa shape index (κ2) is 8.13. The van der Waals surface area contributed by atoms with Crippen molar-refractivity contribution in [3.63, 3.8) is 0 Å². The van der Waals surface area contributed by atoms with Crippen LogP contribution in [0.4, 0.5) is 5.69 Å². The van der Waals surface area contributed by atoms with Crippen molar-refractivity contribution in [2.75, 3.05) is 23.7 Å². The number of likely N-dealkylation sites (tertiary alicyclic amines) is 1. The Bertz CT molecular complexity index is 879. The third-order valence-electron chi connectivity index (χ3n) is 4.92. The Labute approximate surface area is 161 Å². The van der Waals surface area contributed by atoms with E-state index in [0.29, 0.717) is 17.2 Å². The van der Waals surface area contributed by atoms with Gasteiger partial charge in [-0.3, -0.25) is 9.10 Å². The van der Waals surface area contributed by atoms with Crippen LogP contribution in [0, 0.1) is 5.92 Å². The van der Waals surface area contributed by atoms with E-state index in [1.54, 1.807) is 24.3 Å². The highest BCUT2D eigenvalue weighted by Gasteiger charge is 2.22. The van der Waals surface area contributed by atoms with Gasteiger partial charge in [0.05, 0.1) is 18.5 Å². The molecule has 0 bridgehead atoms. The molecule has 0 saturated carbocycles. The lowest BCUT2D eigenvalue weighted by molar-refractivity contribution is 0.0683. The Hall–Kier alpha value is -2.34. The first-order valence-corrected chi connectivity index (χ1v) is 11.1. The molecule has 2 aromatic rings. The number of rotatable bonds is 5. The van der Waals surface area contributed by atoms with Crippen LogP contribution in [0.25, 0.3) is 0 Å². The third kappa shape index (κ3) is 4.89. The molecular formula is C21H26N2O3S. The van der Waals surface area contributed by atoms with E-state index in [1.165, 1.54) is 17.0 Å². The standard InChI is InChI=1S/C21H26N2O3S/c1-17-7-6-14-22(15-17)21(24)19-12-10-18(11-13-19)16-23(27(2,25)26)20-8-4-3-5-9-20/h3-5,8-13,17H,6-7,14-16H2,1-2H3. The molecule has 2 aromatic carbocycles. The molecule has 144 valence electrons. The highest BCUT2D eigenvalue weighted by Crippen LogP contribution is 2.21. The molecule has 0 aliphatic carbocycles. The predicted molar refractivity (Wildman–Crippen MR) is 108 cm³/mol. The fourth-order valence-corrected chi connectivity index (χ4v) is 4.36. The summed E-state index contributed by atoms with van der Waals surface area (Å²) in [6.45, 7) is 4.02. The van der Waals surface area contributed by atoms with Crippen LogP contribution in [-0.2, 0) is 16.6 Å². The number of carbonyl (C=O) groups excluding carboxylic acids is 1. The van der Waals surface area contributed by atoms with Gasteiger partial charge in [0, 0.05) is 18.7 Å². The van der Waals surface area contributed by atoms with Gasteiger partial charge in [-0.15, -0.1) is 0 Å². The van der Waals surface area contributed by atoms with E-state index in [-0.39, 0.29) is 12.5 Å².